The molecule has 0 fully saturated rings. The van der Waals surface area contributed by atoms with E-state index in [0.717, 1.165) is 24.2 Å². The van der Waals surface area contributed by atoms with Crippen molar-refractivity contribution in [1.29, 1.82) is 0 Å². The number of methoxy groups -OCH3 is 1. The zero-order chi connectivity index (χ0) is 10.1. The van der Waals surface area contributed by atoms with Crippen LogP contribution in [0.15, 0.2) is 12.1 Å². The van der Waals surface area contributed by atoms with Crippen molar-refractivity contribution >= 4 is 0 Å². The van der Waals surface area contributed by atoms with Gasteiger partial charge in [-0.05, 0) is 37.3 Å². The Labute approximate surface area is 84.5 Å². The second kappa shape index (κ2) is 3.62. The summed E-state index contributed by atoms with van der Waals surface area (Å²) in [5.41, 5.74) is 3.59. The highest BCUT2D eigenvalue weighted by atomic mass is 16.5. The monoisotopic (exact) mass is 192 g/mol. The lowest BCUT2D eigenvalue weighted by atomic mass is 10.0. The van der Waals surface area contributed by atoms with Gasteiger partial charge in [-0.15, -0.1) is 0 Å². The lowest BCUT2D eigenvalue weighted by molar-refractivity contribution is 0.194. The number of hydrogen-bond donors (Lipinski definition) is 1. The molecule has 0 saturated carbocycles. The maximum atomic E-state index is 9.59. The standard InChI is InChI=1S/C12H16O2/c1-8(13)10-7-6-9-4-3-5-11(9)12(10)14-2/h6-8,13H,3-5H2,1-2H3. The summed E-state index contributed by atoms with van der Waals surface area (Å²) in [7, 11) is 1.68. The average molecular weight is 192 g/mol. The van der Waals surface area contributed by atoms with Gasteiger partial charge in [0.2, 0.25) is 0 Å². The molecule has 1 aliphatic rings. The molecule has 14 heavy (non-hydrogen) atoms. The van der Waals surface area contributed by atoms with Crippen LogP contribution in [0.25, 0.3) is 0 Å². The van der Waals surface area contributed by atoms with E-state index in [0.29, 0.717) is 0 Å². The molecule has 2 heteroatoms. The highest BCUT2D eigenvalue weighted by molar-refractivity contribution is 5.49. The van der Waals surface area contributed by atoms with Gasteiger partial charge in [0.05, 0.1) is 13.2 Å². The van der Waals surface area contributed by atoms with E-state index in [9.17, 15) is 5.11 Å². The highest BCUT2D eigenvalue weighted by Gasteiger charge is 2.19. The van der Waals surface area contributed by atoms with Crippen molar-refractivity contribution in [3.8, 4) is 5.75 Å². The number of fused-ring (bicyclic) bond motifs is 1. The minimum Gasteiger partial charge on any atom is -0.496 e. The van der Waals surface area contributed by atoms with Crippen molar-refractivity contribution in [2.45, 2.75) is 32.3 Å². The van der Waals surface area contributed by atoms with Crippen LogP contribution in [0.5, 0.6) is 5.75 Å². The molecule has 0 spiro atoms. The van der Waals surface area contributed by atoms with Crippen LogP contribution in [0.3, 0.4) is 0 Å². The van der Waals surface area contributed by atoms with Gasteiger partial charge in [-0.25, -0.2) is 0 Å². The van der Waals surface area contributed by atoms with Gasteiger partial charge in [0.1, 0.15) is 5.75 Å². The van der Waals surface area contributed by atoms with Crippen molar-refractivity contribution in [2.75, 3.05) is 7.11 Å². The molecule has 0 amide bonds. The van der Waals surface area contributed by atoms with Crippen molar-refractivity contribution in [3.05, 3.63) is 28.8 Å². The van der Waals surface area contributed by atoms with E-state index in [-0.39, 0.29) is 0 Å². The molecule has 2 rings (SSSR count). The summed E-state index contributed by atoms with van der Waals surface area (Å²) in [5.74, 6) is 0.898. The normalized spacial score (nSPS) is 16.5. The molecule has 0 heterocycles. The first-order valence-electron chi connectivity index (χ1n) is 5.10. The number of aryl methyl sites for hydroxylation is 1. The molecule has 0 saturated heterocycles. The lowest BCUT2D eigenvalue weighted by Crippen LogP contribution is -2.00. The fraction of sp³-hybridized carbons (Fsp3) is 0.500. The van der Waals surface area contributed by atoms with Gasteiger partial charge < -0.3 is 9.84 Å². The second-order valence-electron chi connectivity index (χ2n) is 3.86. The zero-order valence-electron chi connectivity index (χ0n) is 8.71. The van der Waals surface area contributed by atoms with Gasteiger partial charge in [0.15, 0.2) is 0 Å². The topological polar surface area (TPSA) is 29.5 Å². The van der Waals surface area contributed by atoms with Crippen LogP contribution in [0, 0.1) is 0 Å². The quantitative estimate of drug-likeness (QED) is 0.778. The van der Waals surface area contributed by atoms with Crippen molar-refractivity contribution in [3.63, 3.8) is 0 Å². The Morgan fingerprint density at radius 3 is 2.79 bits per heavy atom. The first kappa shape index (κ1) is 9.53. The van der Waals surface area contributed by atoms with Crippen molar-refractivity contribution in [2.24, 2.45) is 0 Å². The third kappa shape index (κ3) is 1.40. The lowest BCUT2D eigenvalue weighted by Gasteiger charge is -2.14. The summed E-state index contributed by atoms with van der Waals surface area (Å²) < 4.78 is 5.39. The van der Waals surface area contributed by atoms with Crippen LogP contribution in [-0.2, 0) is 12.8 Å². The molecule has 1 N–H and O–H groups in total. The van der Waals surface area contributed by atoms with Gasteiger partial charge >= 0.3 is 0 Å². The summed E-state index contributed by atoms with van der Waals surface area (Å²) in [6.07, 6.45) is 2.98. The molecule has 1 aliphatic carbocycles. The number of aliphatic hydroxyl groups is 1. The Kier molecular flexibility index (Phi) is 2.46. The Morgan fingerprint density at radius 2 is 2.14 bits per heavy atom. The Balaban J connectivity index is 2.54. The van der Waals surface area contributed by atoms with Crippen LogP contribution in [0.2, 0.25) is 0 Å². The molecular formula is C12H16O2. The van der Waals surface area contributed by atoms with E-state index < -0.39 is 6.10 Å². The van der Waals surface area contributed by atoms with E-state index in [1.807, 2.05) is 6.07 Å². The maximum Gasteiger partial charge on any atom is 0.128 e. The van der Waals surface area contributed by atoms with Crippen LogP contribution in [0.1, 0.15) is 36.1 Å². The molecule has 0 aliphatic heterocycles. The van der Waals surface area contributed by atoms with E-state index in [2.05, 4.69) is 6.07 Å². The maximum absolute atomic E-state index is 9.59. The molecular weight excluding hydrogens is 176 g/mol. The minimum atomic E-state index is -0.448. The third-order valence-electron chi connectivity index (χ3n) is 2.92. The first-order chi connectivity index (χ1) is 6.74. The van der Waals surface area contributed by atoms with Crippen LogP contribution >= 0.6 is 0 Å². The Bertz CT molecular complexity index is 342. The van der Waals surface area contributed by atoms with Gasteiger partial charge in [-0.1, -0.05) is 12.1 Å². The van der Waals surface area contributed by atoms with E-state index in [4.69, 9.17) is 4.74 Å². The van der Waals surface area contributed by atoms with Crippen LogP contribution in [0.4, 0.5) is 0 Å². The molecule has 0 radical (unpaired) electrons. The van der Waals surface area contributed by atoms with E-state index in [1.54, 1.807) is 14.0 Å². The Hall–Kier alpha value is -1.02. The molecule has 76 valence electrons. The smallest absolute Gasteiger partial charge is 0.128 e. The van der Waals surface area contributed by atoms with Crippen molar-refractivity contribution in [1.82, 2.24) is 0 Å². The summed E-state index contributed by atoms with van der Waals surface area (Å²) in [4.78, 5) is 0. The molecule has 2 nitrogen and oxygen atoms in total. The van der Waals surface area contributed by atoms with Gasteiger partial charge in [-0.2, -0.15) is 0 Å². The number of benzene rings is 1. The summed E-state index contributed by atoms with van der Waals surface area (Å²) in [5, 5.41) is 9.59. The average Bonchev–Trinajstić information content (AvgIpc) is 2.63. The second-order valence-corrected chi connectivity index (χ2v) is 3.86. The molecule has 0 aromatic heterocycles. The van der Waals surface area contributed by atoms with E-state index >= 15 is 0 Å². The van der Waals surface area contributed by atoms with Gasteiger partial charge in [0, 0.05) is 5.56 Å². The number of ether oxygens (including phenoxy) is 1. The molecule has 1 aromatic carbocycles. The fourth-order valence-corrected chi connectivity index (χ4v) is 2.22. The zero-order valence-corrected chi connectivity index (χ0v) is 8.71. The SMILES string of the molecule is COc1c(C(C)O)ccc2c1CCC2. The predicted molar refractivity (Wildman–Crippen MR) is 55.7 cm³/mol. The molecule has 0 bridgehead atoms. The van der Waals surface area contributed by atoms with Gasteiger partial charge in [-0.3, -0.25) is 0 Å². The first-order valence-corrected chi connectivity index (χ1v) is 5.10. The summed E-state index contributed by atoms with van der Waals surface area (Å²) >= 11 is 0. The van der Waals surface area contributed by atoms with E-state index in [1.165, 1.54) is 17.5 Å². The van der Waals surface area contributed by atoms with Gasteiger partial charge in [0.25, 0.3) is 0 Å². The van der Waals surface area contributed by atoms with Crippen molar-refractivity contribution < 1.29 is 9.84 Å². The van der Waals surface area contributed by atoms with Crippen LogP contribution in [-0.4, -0.2) is 12.2 Å². The molecule has 1 aromatic rings. The van der Waals surface area contributed by atoms with Crippen LogP contribution < -0.4 is 4.74 Å². The molecule has 1 atom stereocenters. The largest absolute Gasteiger partial charge is 0.496 e. The highest BCUT2D eigenvalue weighted by Crippen LogP contribution is 2.36. The predicted octanol–water partition coefficient (Wildman–Crippen LogP) is 2.24. The molecule has 1 unspecified atom stereocenters. The third-order valence-corrected chi connectivity index (χ3v) is 2.92. The summed E-state index contributed by atoms with van der Waals surface area (Å²) in [6.45, 7) is 1.78. The fourth-order valence-electron chi connectivity index (χ4n) is 2.22. The summed E-state index contributed by atoms with van der Waals surface area (Å²) in [6, 6.07) is 4.10. The number of aliphatic hydroxyl groups excluding tert-OH is 1. The Morgan fingerprint density at radius 1 is 1.36 bits per heavy atom. The minimum absolute atomic E-state index is 0.448. The number of hydrogen-bond acceptors (Lipinski definition) is 2. The number of rotatable bonds is 2.